The van der Waals surface area contributed by atoms with Crippen LogP contribution in [0.1, 0.15) is 24.5 Å². The number of hydrogen-bond donors (Lipinski definition) is 1. The zero-order valence-corrected chi connectivity index (χ0v) is 10.3. The highest BCUT2D eigenvalue weighted by Crippen LogP contribution is 2.08. The first-order chi connectivity index (χ1) is 8.61. The molecule has 0 aliphatic heterocycles. The van der Waals surface area contributed by atoms with Crippen LogP contribution in [0.2, 0.25) is 0 Å². The Kier molecular flexibility index (Phi) is 5.64. The molecular weight excluding hydrogens is 232 g/mol. The molecule has 1 N–H and O–H groups in total. The standard InChI is InChI=1S/C14H16O4/c1-2-18-14(17)10-8-12-5-3-11(4-6-12)7-9-13(15)16/h3-6,8,10H,2,7,9H2,1H3,(H,15,16). The molecule has 1 aromatic rings. The number of rotatable bonds is 6. The lowest BCUT2D eigenvalue weighted by Crippen LogP contribution is -1.98. The van der Waals surface area contributed by atoms with Crippen molar-refractivity contribution < 1.29 is 19.4 Å². The maximum absolute atomic E-state index is 11.1. The predicted octanol–water partition coefficient (Wildman–Crippen LogP) is 2.28. The number of hydrogen-bond acceptors (Lipinski definition) is 3. The van der Waals surface area contributed by atoms with Crippen molar-refractivity contribution in [3.63, 3.8) is 0 Å². The van der Waals surface area contributed by atoms with Crippen LogP contribution in [-0.4, -0.2) is 23.7 Å². The lowest BCUT2D eigenvalue weighted by Gasteiger charge is -1.99. The van der Waals surface area contributed by atoms with Gasteiger partial charge in [0, 0.05) is 12.5 Å². The largest absolute Gasteiger partial charge is 0.481 e. The third-order valence-electron chi connectivity index (χ3n) is 2.31. The van der Waals surface area contributed by atoms with Crippen LogP contribution in [0.4, 0.5) is 0 Å². The number of carbonyl (C=O) groups is 2. The van der Waals surface area contributed by atoms with Gasteiger partial charge in [-0.2, -0.15) is 0 Å². The maximum Gasteiger partial charge on any atom is 0.330 e. The summed E-state index contributed by atoms with van der Waals surface area (Å²) in [6.07, 6.45) is 3.67. The van der Waals surface area contributed by atoms with E-state index in [1.807, 2.05) is 24.3 Å². The molecule has 0 amide bonds. The summed E-state index contributed by atoms with van der Waals surface area (Å²) >= 11 is 0. The summed E-state index contributed by atoms with van der Waals surface area (Å²) in [5.41, 5.74) is 1.84. The van der Waals surface area contributed by atoms with E-state index in [-0.39, 0.29) is 12.4 Å². The van der Waals surface area contributed by atoms with Crippen LogP contribution in [0.15, 0.2) is 30.3 Å². The Morgan fingerprint density at radius 1 is 1.28 bits per heavy atom. The number of esters is 1. The fourth-order valence-electron chi connectivity index (χ4n) is 1.40. The normalized spacial score (nSPS) is 10.5. The smallest absolute Gasteiger partial charge is 0.330 e. The molecule has 0 bridgehead atoms. The van der Waals surface area contributed by atoms with Crippen LogP contribution in [0.5, 0.6) is 0 Å². The van der Waals surface area contributed by atoms with E-state index in [1.54, 1.807) is 13.0 Å². The van der Waals surface area contributed by atoms with E-state index in [0.29, 0.717) is 13.0 Å². The van der Waals surface area contributed by atoms with Crippen molar-refractivity contribution in [2.24, 2.45) is 0 Å². The van der Waals surface area contributed by atoms with Gasteiger partial charge in [0.05, 0.1) is 6.61 Å². The molecule has 0 saturated heterocycles. The Morgan fingerprint density at radius 3 is 2.50 bits per heavy atom. The minimum Gasteiger partial charge on any atom is -0.481 e. The van der Waals surface area contributed by atoms with Crippen molar-refractivity contribution in [1.29, 1.82) is 0 Å². The molecule has 0 aliphatic carbocycles. The second-order valence-corrected chi connectivity index (χ2v) is 3.72. The summed E-state index contributed by atoms with van der Waals surface area (Å²) in [6, 6.07) is 7.39. The third-order valence-corrected chi connectivity index (χ3v) is 2.31. The van der Waals surface area contributed by atoms with Gasteiger partial charge in [-0.25, -0.2) is 4.79 Å². The highest BCUT2D eigenvalue weighted by molar-refractivity contribution is 5.87. The van der Waals surface area contributed by atoms with Crippen LogP contribution in [-0.2, 0) is 20.7 Å². The molecule has 1 aromatic carbocycles. The van der Waals surface area contributed by atoms with Crippen molar-refractivity contribution in [1.82, 2.24) is 0 Å². The monoisotopic (exact) mass is 248 g/mol. The number of carboxylic acids is 1. The third kappa shape index (κ3) is 5.30. The summed E-state index contributed by atoms with van der Waals surface area (Å²) in [5.74, 6) is -1.17. The van der Waals surface area contributed by atoms with Gasteiger partial charge in [0.1, 0.15) is 0 Å². The number of carbonyl (C=O) groups excluding carboxylic acids is 1. The Hall–Kier alpha value is -2.10. The molecule has 4 heteroatoms. The molecule has 0 aliphatic rings. The van der Waals surface area contributed by atoms with Gasteiger partial charge in [-0.05, 0) is 30.5 Å². The van der Waals surface area contributed by atoms with Crippen molar-refractivity contribution >= 4 is 18.0 Å². The number of carboxylic acid groups (broad SMARTS) is 1. The van der Waals surface area contributed by atoms with Crippen LogP contribution in [0.25, 0.3) is 6.08 Å². The number of aliphatic carboxylic acids is 1. The molecule has 0 fully saturated rings. The minimum absolute atomic E-state index is 0.123. The lowest BCUT2D eigenvalue weighted by molar-refractivity contribution is -0.138. The molecule has 0 atom stereocenters. The van der Waals surface area contributed by atoms with Crippen molar-refractivity contribution in [3.05, 3.63) is 41.5 Å². The molecule has 0 aromatic heterocycles. The van der Waals surface area contributed by atoms with Gasteiger partial charge in [0.25, 0.3) is 0 Å². The zero-order chi connectivity index (χ0) is 13.4. The molecule has 18 heavy (non-hydrogen) atoms. The van der Waals surface area contributed by atoms with E-state index < -0.39 is 5.97 Å². The Morgan fingerprint density at radius 2 is 1.94 bits per heavy atom. The summed E-state index contributed by atoms with van der Waals surface area (Å²) in [5, 5.41) is 8.56. The highest BCUT2D eigenvalue weighted by Gasteiger charge is 1.99. The van der Waals surface area contributed by atoms with E-state index in [1.165, 1.54) is 6.08 Å². The first-order valence-electron chi connectivity index (χ1n) is 5.77. The molecule has 96 valence electrons. The first-order valence-corrected chi connectivity index (χ1v) is 5.77. The van der Waals surface area contributed by atoms with E-state index in [0.717, 1.165) is 11.1 Å². The molecular formula is C14H16O4. The lowest BCUT2D eigenvalue weighted by atomic mass is 10.1. The SMILES string of the molecule is CCOC(=O)C=Cc1ccc(CCC(=O)O)cc1. The van der Waals surface area contributed by atoms with E-state index >= 15 is 0 Å². The van der Waals surface area contributed by atoms with E-state index in [9.17, 15) is 9.59 Å². The van der Waals surface area contributed by atoms with Gasteiger partial charge in [0.2, 0.25) is 0 Å². The maximum atomic E-state index is 11.1. The molecule has 0 saturated carbocycles. The Balaban J connectivity index is 2.54. The first kappa shape index (κ1) is 14.0. The highest BCUT2D eigenvalue weighted by atomic mass is 16.5. The topological polar surface area (TPSA) is 63.6 Å². The summed E-state index contributed by atoms with van der Waals surface area (Å²) in [7, 11) is 0. The van der Waals surface area contributed by atoms with Gasteiger partial charge in [-0.3, -0.25) is 4.79 Å². The average Bonchev–Trinajstić information content (AvgIpc) is 2.35. The van der Waals surface area contributed by atoms with Crippen molar-refractivity contribution in [2.75, 3.05) is 6.61 Å². The fourth-order valence-corrected chi connectivity index (χ4v) is 1.40. The molecule has 1 rings (SSSR count). The quantitative estimate of drug-likeness (QED) is 0.619. The van der Waals surface area contributed by atoms with Crippen molar-refractivity contribution in [2.45, 2.75) is 19.8 Å². The second kappa shape index (κ2) is 7.27. The molecule has 0 heterocycles. The van der Waals surface area contributed by atoms with Crippen molar-refractivity contribution in [3.8, 4) is 0 Å². The van der Waals surface area contributed by atoms with Gasteiger partial charge < -0.3 is 9.84 Å². The number of ether oxygens (including phenoxy) is 1. The fraction of sp³-hybridized carbons (Fsp3) is 0.286. The van der Waals surface area contributed by atoms with Crippen LogP contribution in [0, 0.1) is 0 Å². The Bertz CT molecular complexity index is 432. The van der Waals surface area contributed by atoms with Gasteiger partial charge in [0.15, 0.2) is 0 Å². The van der Waals surface area contributed by atoms with Crippen LogP contribution in [0.3, 0.4) is 0 Å². The minimum atomic E-state index is -0.804. The average molecular weight is 248 g/mol. The van der Waals surface area contributed by atoms with E-state index in [4.69, 9.17) is 9.84 Å². The predicted molar refractivity (Wildman–Crippen MR) is 68.1 cm³/mol. The summed E-state index contributed by atoms with van der Waals surface area (Å²) in [4.78, 5) is 21.5. The Labute approximate surface area is 106 Å². The summed E-state index contributed by atoms with van der Waals surface area (Å²) in [6.45, 7) is 2.11. The molecule has 0 spiro atoms. The molecule has 0 radical (unpaired) electrons. The number of aryl methyl sites for hydroxylation is 1. The van der Waals surface area contributed by atoms with Gasteiger partial charge in [-0.1, -0.05) is 24.3 Å². The van der Waals surface area contributed by atoms with Crippen LogP contribution >= 0.6 is 0 Å². The van der Waals surface area contributed by atoms with Crippen LogP contribution < -0.4 is 0 Å². The van der Waals surface area contributed by atoms with Gasteiger partial charge >= 0.3 is 11.9 Å². The number of benzene rings is 1. The van der Waals surface area contributed by atoms with E-state index in [2.05, 4.69) is 0 Å². The molecule has 0 unspecified atom stereocenters. The second-order valence-electron chi connectivity index (χ2n) is 3.72. The van der Waals surface area contributed by atoms with Gasteiger partial charge in [-0.15, -0.1) is 0 Å². The zero-order valence-electron chi connectivity index (χ0n) is 10.3. The molecule has 4 nitrogen and oxygen atoms in total. The summed E-state index contributed by atoms with van der Waals surface area (Å²) < 4.78 is 4.76.